The summed E-state index contributed by atoms with van der Waals surface area (Å²) in [5.74, 6) is -1.11. The third-order valence-corrected chi connectivity index (χ3v) is 3.66. The lowest BCUT2D eigenvalue weighted by atomic mass is 9.83. The molecule has 1 N–H and O–H groups in total. The fourth-order valence-corrected chi connectivity index (χ4v) is 2.42. The fraction of sp³-hybridized carbons (Fsp3) is 0.533. The van der Waals surface area contributed by atoms with E-state index < -0.39 is 23.5 Å². The number of ether oxygens (including phenoxy) is 1. The molecular formula is C15H18N2O4. The SMILES string of the molecule is C[C@H](OC(=O)c1ccco1)C(=O)NC1(C#N)CCCCC1. The highest BCUT2D eigenvalue weighted by molar-refractivity contribution is 5.90. The minimum atomic E-state index is -0.977. The summed E-state index contributed by atoms with van der Waals surface area (Å²) in [5, 5.41) is 12.0. The molecule has 0 aliphatic heterocycles. The van der Waals surface area contributed by atoms with Crippen LogP contribution in [0.5, 0.6) is 0 Å². The number of hydrogen-bond acceptors (Lipinski definition) is 5. The van der Waals surface area contributed by atoms with Gasteiger partial charge in [-0.1, -0.05) is 19.3 Å². The van der Waals surface area contributed by atoms with Crippen LogP contribution in [0.3, 0.4) is 0 Å². The Morgan fingerprint density at radius 3 is 2.71 bits per heavy atom. The second-order valence-electron chi connectivity index (χ2n) is 5.27. The summed E-state index contributed by atoms with van der Waals surface area (Å²) in [6.45, 7) is 1.48. The Balaban J connectivity index is 1.93. The highest BCUT2D eigenvalue weighted by Crippen LogP contribution is 2.27. The molecule has 1 aromatic heterocycles. The first kappa shape index (κ1) is 15.1. The molecule has 0 spiro atoms. The number of hydrogen-bond donors (Lipinski definition) is 1. The standard InChI is InChI=1S/C15H18N2O4/c1-11(21-14(19)12-6-5-9-20-12)13(18)17-15(10-16)7-3-2-4-8-15/h5-6,9,11H,2-4,7-8H2,1H3,(H,17,18)/t11-/m0/s1. The summed E-state index contributed by atoms with van der Waals surface area (Å²) in [6, 6.07) is 5.22. The van der Waals surface area contributed by atoms with Crippen LogP contribution in [0.15, 0.2) is 22.8 Å². The van der Waals surface area contributed by atoms with E-state index >= 15 is 0 Å². The predicted molar refractivity (Wildman–Crippen MR) is 73.2 cm³/mol. The van der Waals surface area contributed by atoms with Gasteiger partial charge in [0.25, 0.3) is 5.91 Å². The van der Waals surface area contributed by atoms with Gasteiger partial charge in [-0.2, -0.15) is 5.26 Å². The summed E-state index contributed by atoms with van der Waals surface area (Å²) in [5.41, 5.74) is -0.833. The van der Waals surface area contributed by atoms with Crippen LogP contribution in [0, 0.1) is 11.3 Å². The maximum absolute atomic E-state index is 12.1. The lowest BCUT2D eigenvalue weighted by Crippen LogP contribution is -2.52. The molecule has 0 unspecified atom stereocenters. The molecule has 0 radical (unpaired) electrons. The van der Waals surface area contributed by atoms with E-state index in [1.165, 1.54) is 19.3 Å². The molecular weight excluding hydrogens is 272 g/mol. The quantitative estimate of drug-likeness (QED) is 0.858. The van der Waals surface area contributed by atoms with Crippen molar-refractivity contribution < 1.29 is 18.7 Å². The number of nitrogens with zero attached hydrogens (tertiary/aromatic N) is 1. The minimum absolute atomic E-state index is 0.0438. The number of rotatable bonds is 4. The van der Waals surface area contributed by atoms with Crippen molar-refractivity contribution in [2.45, 2.75) is 50.7 Å². The van der Waals surface area contributed by atoms with Crippen molar-refractivity contribution in [3.05, 3.63) is 24.2 Å². The summed E-state index contributed by atoms with van der Waals surface area (Å²) in [6.07, 6.45) is 4.54. The van der Waals surface area contributed by atoms with Gasteiger partial charge in [-0.3, -0.25) is 4.79 Å². The van der Waals surface area contributed by atoms with Crippen molar-refractivity contribution in [3.8, 4) is 6.07 Å². The molecule has 6 heteroatoms. The van der Waals surface area contributed by atoms with Gasteiger partial charge in [0.1, 0.15) is 5.54 Å². The summed E-state index contributed by atoms with van der Waals surface area (Å²) in [4.78, 5) is 23.8. The van der Waals surface area contributed by atoms with Gasteiger partial charge in [0, 0.05) is 0 Å². The van der Waals surface area contributed by atoms with Crippen molar-refractivity contribution in [1.29, 1.82) is 5.26 Å². The molecule has 1 atom stereocenters. The van der Waals surface area contributed by atoms with Crippen LogP contribution in [0.2, 0.25) is 0 Å². The average Bonchev–Trinajstić information content (AvgIpc) is 3.02. The van der Waals surface area contributed by atoms with E-state index in [1.54, 1.807) is 6.07 Å². The fourth-order valence-electron chi connectivity index (χ4n) is 2.42. The molecule has 1 saturated carbocycles. The van der Waals surface area contributed by atoms with Gasteiger partial charge in [-0.25, -0.2) is 4.79 Å². The van der Waals surface area contributed by atoms with Gasteiger partial charge in [-0.05, 0) is 31.9 Å². The zero-order valence-electron chi connectivity index (χ0n) is 11.9. The molecule has 6 nitrogen and oxygen atoms in total. The lowest BCUT2D eigenvalue weighted by Gasteiger charge is -2.32. The molecule has 1 amide bonds. The largest absolute Gasteiger partial charge is 0.457 e. The summed E-state index contributed by atoms with van der Waals surface area (Å²) in [7, 11) is 0. The topological polar surface area (TPSA) is 92.3 Å². The first-order valence-electron chi connectivity index (χ1n) is 7.04. The van der Waals surface area contributed by atoms with Gasteiger partial charge in [0.15, 0.2) is 6.10 Å². The molecule has 1 heterocycles. The van der Waals surface area contributed by atoms with E-state index in [0.29, 0.717) is 12.8 Å². The lowest BCUT2D eigenvalue weighted by molar-refractivity contribution is -0.130. The van der Waals surface area contributed by atoms with Gasteiger partial charge in [0.05, 0.1) is 12.3 Å². The van der Waals surface area contributed by atoms with E-state index in [2.05, 4.69) is 11.4 Å². The van der Waals surface area contributed by atoms with Gasteiger partial charge in [-0.15, -0.1) is 0 Å². The van der Waals surface area contributed by atoms with Gasteiger partial charge < -0.3 is 14.5 Å². The molecule has 112 valence electrons. The molecule has 0 aromatic carbocycles. The number of carbonyl (C=O) groups is 2. The predicted octanol–water partition coefficient (Wildman–Crippen LogP) is 2.17. The van der Waals surface area contributed by atoms with Crippen molar-refractivity contribution >= 4 is 11.9 Å². The molecule has 21 heavy (non-hydrogen) atoms. The van der Waals surface area contributed by atoms with E-state index in [1.807, 2.05) is 0 Å². The highest BCUT2D eigenvalue weighted by Gasteiger charge is 2.35. The van der Waals surface area contributed by atoms with Crippen LogP contribution < -0.4 is 5.32 Å². The Morgan fingerprint density at radius 2 is 2.14 bits per heavy atom. The summed E-state index contributed by atoms with van der Waals surface area (Å²) < 4.78 is 9.94. The number of amides is 1. The van der Waals surface area contributed by atoms with Crippen LogP contribution in [0.4, 0.5) is 0 Å². The first-order valence-corrected chi connectivity index (χ1v) is 7.04. The maximum Gasteiger partial charge on any atom is 0.374 e. The number of carbonyl (C=O) groups excluding carboxylic acids is 2. The number of esters is 1. The molecule has 0 bridgehead atoms. The number of furan rings is 1. The average molecular weight is 290 g/mol. The second kappa shape index (κ2) is 6.44. The Kier molecular flexibility index (Phi) is 4.63. The normalized spacial score (nSPS) is 18.3. The van der Waals surface area contributed by atoms with Crippen LogP contribution in [0.1, 0.15) is 49.6 Å². The maximum atomic E-state index is 12.1. The van der Waals surface area contributed by atoms with Crippen molar-refractivity contribution in [3.63, 3.8) is 0 Å². The van der Waals surface area contributed by atoms with Crippen LogP contribution in [-0.4, -0.2) is 23.5 Å². The molecule has 2 rings (SSSR count). The van der Waals surface area contributed by atoms with E-state index in [9.17, 15) is 14.9 Å². The van der Waals surface area contributed by atoms with Crippen LogP contribution >= 0.6 is 0 Å². The van der Waals surface area contributed by atoms with Crippen LogP contribution in [0.25, 0.3) is 0 Å². The van der Waals surface area contributed by atoms with Crippen molar-refractivity contribution in [2.75, 3.05) is 0 Å². The third-order valence-electron chi connectivity index (χ3n) is 3.66. The molecule has 1 aromatic rings. The number of nitrogens with one attached hydrogen (secondary N) is 1. The van der Waals surface area contributed by atoms with E-state index in [0.717, 1.165) is 19.3 Å². The van der Waals surface area contributed by atoms with Gasteiger partial charge in [0.2, 0.25) is 5.76 Å². The first-order chi connectivity index (χ1) is 10.1. The Morgan fingerprint density at radius 1 is 1.43 bits per heavy atom. The van der Waals surface area contributed by atoms with E-state index in [4.69, 9.17) is 9.15 Å². The molecule has 1 aliphatic rings. The number of nitriles is 1. The zero-order valence-corrected chi connectivity index (χ0v) is 11.9. The van der Waals surface area contributed by atoms with Crippen molar-refractivity contribution in [2.24, 2.45) is 0 Å². The van der Waals surface area contributed by atoms with E-state index in [-0.39, 0.29) is 5.76 Å². The second-order valence-corrected chi connectivity index (χ2v) is 5.27. The molecule has 1 fully saturated rings. The highest BCUT2D eigenvalue weighted by atomic mass is 16.6. The molecule has 1 aliphatic carbocycles. The van der Waals surface area contributed by atoms with Crippen molar-refractivity contribution in [1.82, 2.24) is 5.32 Å². The molecule has 0 saturated heterocycles. The zero-order chi connectivity index (χ0) is 15.3. The third kappa shape index (κ3) is 3.63. The van der Waals surface area contributed by atoms with Gasteiger partial charge >= 0.3 is 5.97 Å². The Labute approximate surface area is 123 Å². The van der Waals surface area contributed by atoms with Crippen LogP contribution in [-0.2, 0) is 9.53 Å². The Bertz CT molecular complexity index is 539. The summed E-state index contributed by atoms with van der Waals surface area (Å²) >= 11 is 0. The Hall–Kier alpha value is -2.29. The smallest absolute Gasteiger partial charge is 0.374 e. The monoisotopic (exact) mass is 290 g/mol. The minimum Gasteiger partial charge on any atom is -0.457 e.